The van der Waals surface area contributed by atoms with Crippen molar-refractivity contribution < 1.29 is 9.32 Å². The van der Waals surface area contributed by atoms with Crippen molar-refractivity contribution in [3.05, 3.63) is 47.6 Å². The Morgan fingerprint density at radius 2 is 2.14 bits per heavy atom. The van der Waals surface area contributed by atoms with Crippen LogP contribution in [0.1, 0.15) is 56.8 Å². The number of aryl methyl sites for hydroxylation is 1. The topological polar surface area (TPSA) is 71.3 Å². The molecule has 0 radical (unpaired) electrons. The van der Waals surface area contributed by atoms with Crippen LogP contribution in [-0.4, -0.2) is 40.1 Å². The highest BCUT2D eigenvalue weighted by Gasteiger charge is 2.57. The highest BCUT2D eigenvalue weighted by molar-refractivity contribution is 5.76. The fourth-order valence-electron chi connectivity index (χ4n) is 5.10. The smallest absolute Gasteiger partial charge is 0.234 e. The molecule has 156 valence electrons. The standard InChI is InChI=1S/C23H32N4O2/c1-16(2)9-10-21(28)25-20-11-19-14-27(13-18-7-5-4-6-8-18)15-23(19,12-20)22-24-17(3)26-29-22/h4-8,16,19-20H,9-15H2,1-3H3,(H,25,28). The lowest BCUT2D eigenvalue weighted by atomic mass is 9.80. The van der Waals surface area contributed by atoms with Crippen molar-refractivity contribution in [2.45, 2.75) is 64.5 Å². The van der Waals surface area contributed by atoms with Gasteiger partial charge in [-0.15, -0.1) is 0 Å². The molecule has 1 aromatic heterocycles. The average molecular weight is 397 g/mol. The zero-order valence-corrected chi connectivity index (χ0v) is 17.7. The van der Waals surface area contributed by atoms with Crippen molar-refractivity contribution in [1.82, 2.24) is 20.4 Å². The summed E-state index contributed by atoms with van der Waals surface area (Å²) in [5.41, 5.74) is 1.16. The molecule has 0 spiro atoms. The van der Waals surface area contributed by atoms with Gasteiger partial charge in [0.2, 0.25) is 11.8 Å². The van der Waals surface area contributed by atoms with Gasteiger partial charge in [-0.3, -0.25) is 9.69 Å². The molecule has 2 fully saturated rings. The van der Waals surface area contributed by atoms with Crippen LogP contribution in [0.5, 0.6) is 0 Å². The van der Waals surface area contributed by atoms with Crippen LogP contribution < -0.4 is 5.32 Å². The molecule has 1 aliphatic heterocycles. The Labute approximate surface area is 173 Å². The van der Waals surface area contributed by atoms with Gasteiger partial charge in [0.1, 0.15) is 0 Å². The minimum Gasteiger partial charge on any atom is -0.353 e. The SMILES string of the molecule is Cc1noc(C23CC(NC(=O)CCC(C)C)CC2CN(Cc2ccccc2)C3)n1. The summed E-state index contributed by atoms with van der Waals surface area (Å²) in [7, 11) is 0. The molecule has 4 rings (SSSR count). The van der Waals surface area contributed by atoms with Crippen LogP contribution in [-0.2, 0) is 16.8 Å². The van der Waals surface area contributed by atoms with Crippen LogP contribution in [0, 0.1) is 18.8 Å². The van der Waals surface area contributed by atoms with Gasteiger partial charge in [0.25, 0.3) is 0 Å². The molecule has 1 amide bonds. The maximum absolute atomic E-state index is 12.4. The van der Waals surface area contributed by atoms with Gasteiger partial charge in [-0.25, -0.2) is 0 Å². The number of carbonyl (C=O) groups is 1. The molecular weight excluding hydrogens is 364 g/mol. The van der Waals surface area contributed by atoms with E-state index in [1.54, 1.807) is 0 Å². The van der Waals surface area contributed by atoms with Gasteiger partial charge in [-0.2, -0.15) is 4.98 Å². The first-order chi connectivity index (χ1) is 13.9. The summed E-state index contributed by atoms with van der Waals surface area (Å²) in [6.45, 7) is 9.00. The normalized spacial score (nSPS) is 26.8. The zero-order valence-electron chi connectivity index (χ0n) is 17.7. The summed E-state index contributed by atoms with van der Waals surface area (Å²) >= 11 is 0. The Morgan fingerprint density at radius 3 is 2.83 bits per heavy atom. The number of aromatic nitrogens is 2. The van der Waals surface area contributed by atoms with E-state index in [9.17, 15) is 4.79 Å². The Morgan fingerprint density at radius 1 is 1.34 bits per heavy atom. The van der Waals surface area contributed by atoms with Crippen molar-refractivity contribution in [1.29, 1.82) is 0 Å². The lowest BCUT2D eigenvalue weighted by Gasteiger charge is -2.25. The number of hydrogen-bond acceptors (Lipinski definition) is 5. The third-order valence-electron chi connectivity index (χ3n) is 6.46. The summed E-state index contributed by atoms with van der Waals surface area (Å²) in [6, 6.07) is 10.8. The number of amides is 1. The first-order valence-electron chi connectivity index (χ1n) is 10.8. The van der Waals surface area contributed by atoms with Crippen LogP contribution in [0.2, 0.25) is 0 Å². The number of hydrogen-bond donors (Lipinski definition) is 1. The highest BCUT2D eigenvalue weighted by Crippen LogP contribution is 2.50. The second-order valence-corrected chi connectivity index (χ2v) is 9.29. The Balaban J connectivity index is 1.47. The average Bonchev–Trinajstić information content (AvgIpc) is 3.33. The second-order valence-electron chi connectivity index (χ2n) is 9.29. The highest BCUT2D eigenvalue weighted by atomic mass is 16.5. The van der Waals surface area contributed by atoms with E-state index in [2.05, 4.69) is 64.5 Å². The monoisotopic (exact) mass is 396 g/mol. The van der Waals surface area contributed by atoms with E-state index in [4.69, 9.17) is 4.52 Å². The molecular formula is C23H32N4O2. The lowest BCUT2D eigenvalue weighted by Crippen LogP contribution is -2.38. The maximum atomic E-state index is 12.4. The Kier molecular flexibility index (Phi) is 5.72. The van der Waals surface area contributed by atoms with Gasteiger partial charge in [0.05, 0.1) is 5.41 Å². The molecule has 2 heterocycles. The number of nitrogens with zero attached hydrogens (tertiary/aromatic N) is 3. The van der Waals surface area contributed by atoms with Crippen molar-refractivity contribution in [2.75, 3.05) is 13.1 Å². The van der Waals surface area contributed by atoms with Gasteiger partial charge in [0.15, 0.2) is 5.82 Å². The number of likely N-dealkylation sites (tertiary alicyclic amines) is 1. The van der Waals surface area contributed by atoms with E-state index >= 15 is 0 Å². The van der Waals surface area contributed by atoms with Crippen LogP contribution in [0.4, 0.5) is 0 Å². The third-order valence-corrected chi connectivity index (χ3v) is 6.46. The van der Waals surface area contributed by atoms with Gasteiger partial charge in [0, 0.05) is 32.1 Å². The first kappa shape index (κ1) is 20.1. The molecule has 1 aliphatic carbocycles. The molecule has 2 aromatic rings. The van der Waals surface area contributed by atoms with Crippen molar-refractivity contribution in [3.8, 4) is 0 Å². The summed E-state index contributed by atoms with van der Waals surface area (Å²) in [6.07, 6.45) is 3.38. The summed E-state index contributed by atoms with van der Waals surface area (Å²) in [4.78, 5) is 19.5. The van der Waals surface area contributed by atoms with Crippen LogP contribution in [0.15, 0.2) is 34.9 Å². The fraction of sp³-hybridized carbons (Fsp3) is 0.609. The molecule has 6 nitrogen and oxygen atoms in total. The van der Waals surface area contributed by atoms with Gasteiger partial charge >= 0.3 is 0 Å². The molecule has 0 bridgehead atoms. The lowest BCUT2D eigenvalue weighted by molar-refractivity contribution is -0.122. The molecule has 3 atom stereocenters. The van der Waals surface area contributed by atoms with E-state index in [0.29, 0.717) is 24.1 Å². The second kappa shape index (κ2) is 8.27. The Hall–Kier alpha value is -2.21. The third kappa shape index (κ3) is 4.37. The van der Waals surface area contributed by atoms with Crippen molar-refractivity contribution >= 4 is 5.91 Å². The number of fused-ring (bicyclic) bond motifs is 1. The largest absolute Gasteiger partial charge is 0.353 e. The molecule has 1 saturated carbocycles. The molecule has 6 heteroatoms. The molecule has 1 aromatic carbocycles. The maximum Gasteiger partial charge on any atom is 0.234 e. The number of rotatable bonds is 7. The minimum atomic E-state index is -0.161. The predicted octanol–water partition coefficient (Wildman–Crippen LogP) is 3.46. The van der Waals surface area contributed by atoms with Crippen LogP contribution in [0.3, 0.4) is 0 Å². The minimum absolute atomic E-state index is 0.161. The molecule has 2 aliphatic rings. The van der Waals surface area contributed by atoms with E-state index < -0.39 is 0 Å². The predicted molar refractivity (Wildman–Crippen MR) is 111 cm³/mol. The van der Waals surface area contributed by atoms with Crippen molar-refractivity contribution in [3.63, 3.8) is 0 Å². The van der Waals surface area contributed by atoms with E-state index in [-0.39, 0.29) is 17.4 Å². The number of benzene rings is 1. The van der Waals surface area contributed by atoms with E-state index in [1.807, 2.05) is 6.92 Å². The quantitative estimate of drug-likeness (QED) is 0.776. The van der Waals surface area contributed by atoms with Crippen molar-refractivity contribution in [2.24, 2.45) is 11.8 Å². The van der Waals surface area contributed by atoms with Crippen LogP contribution >= 0.6 is 0 Å². The van der Waals surface area contributed by atoms with Gasteiger partial charge < -0.3 is 9.84 Å². The fourth-order valence-corrected chi connectivity index (χ4v) is 5.10. The Bertz CT molecular complexity index is 834. The van der Waals surface area contributed by atoms with E-state index in [0.717, 1.165) is 44.8 Å². The van der Waals surface area contributed by atoms with Crippen LogP contribution in [0.25, 0.3) is 0 Å². The molecule has 29 heavy (non-hydrogen) atoms. The number of carbonyl (C=O) groups excluding carboxylic acids is 1. The molecule has 3 unspecified atom stereocenters. The summed E-state index contributed by atoms with van der Waals surface area (Å²) < 4.78 is 5.68. The zero-order chi connectivity index (χ0) is 20.4. The molecule has 1 saturated heterocycles. The first-order valence-corrected chi connectivity index (χ1v) is 10.8. The van der Waals surface area contributed by atoms with E-state index in [1.165, 1.54) is 5.56 Å². The van der Waals surface area contributed by atoms with Gasteiger partial charge in [-0.05, 0) is 43.6 Å². The van der Waals surface area contributed by atoms with Gasteiger partial charge in [-0.1, -0.05) is 49.3 Å². The number of nitrogens with one attached hydrogen (secondary N) is 1. The summed E-state index contributed by atoms with van der Waals surface area (Å²) in [5.74, 6) is 2.56. The summed E-state index contributed by atoms with van der Waals surface area (Å²) in [5, 5.41) is 7.35. The molecule has 1 N–H and O–H groups in total.